The topological polar surface area (TPSA) is 207 Å². The molecule has 0 saturated carbocycles. The molecule has 1 saturated heterocycles. The molecule has 5 aliphatic rings. The van der Waals surface area contributed by atoms with Crippen LogP contribution in [0.3, 0.4) is 0 Å². The maximum atomic E-state index is 13.4. The van der Waals surface area contributed by atoms with E-state index in [0.29, 0.717) is 36.2 Å². The number of nitrogens with one attached hydrogen (secondary N) is 6. The van der Waals surface area contributed by atoms with Crippen molar-refractivity contribution in [2.45, 2.75) is 50.7 Å². The van der Waals surface area contributed by atoms with Gasteiger partial charge in [0.15, 0.2) is 0 Å². The second-order valence-electron chi connectivity index (χ2n) is 14.2. The van der Waals surface area contributed by atoms with Gasteiger partial charge >= 0.3 is 0 Å². The Balaban J connectivity index is 0.898. The maximum absolute atomic E-state index is 13.4. The number of carbonyl (C=O) groups excluding carboxylic acids is 7. The lowest BCUT2D eigenvalue weighted by molar-refractivity contribution is -0.136. The molecule has 3 atom stereocenters. The highest BCUT2D eigenvalue weighted by atomic mass is 16.2. The van der Waals surface area contributed by atoms with Crippen LogP contribution in [0, 0.1) is 0 Å². The number of amides is 7. The highest BCUT2D eigenvalue weighted by Crippen LogP contribution is 2.35. The molecule has 2 aromatic rings. The van der Waals surface area contributed by atoms with Crippen LogP contribution in [0.2, 0.25) is 0 Å². The smallest absolute Gasteiger partial charge is 0.264 e. The van der Waals surface area contributed by atoms with E-state index < -0.39 is 35.7 Å². The number of dihydropyridines is 1. The molecule has 2 aromatic carbocycles. The Morgan fingerprint density at radius 1 is 0.931 bits per heavy atom. The van der Waals surface area contributed by atoms with Crippen LogP contribution in [0.25, 0.3) is 0 Å². The van der Waals surface area contributed by atoms with Gasteiger partial charge in [0.05, 0.1) is 28.4 Å². The van der Waals surface area contributed by atoms with Crippen molar-refractivity contribution in [1.82, 2.24) is 26.2 Å². The predicted octanol–water partition coefficient (Wildman–Crippen LogP) is 2.76. The Kier molecular flexibility index (Phi) is 11.4. The van der Waals surface area contributed by atoms with Gasteiger partial charge in [-0.05, 0) is 73.7 Å². The summed E-state index contributed by atoms with van der Waals surface area (Å²) in [6.07, 6.45) is 14.2. The van der Waals surface area contributed by atoms with Crippen molar-refractivity contribution < 1.29 is 33.6 Å². The number of fused-ring (bicyclic) bond motifs is 2. The average molecular weight is 783 g/mol. The maximum Gasteiger partial charge on any atom is 0.264 e. The molecular weight excluding hydrogens is 741 g/mol. The number of aliphatic imine (C=N–C) groups is 1. The number of rotatable bonds is 12. The number of hydrogen-bond donors (Lipinski definition) is 6. The van der Waals surface area contributed by atoms with Crippen LogP contribution in [0.15, 0.2) is 124 Å². The summed E-state index contributed by atoms with van der Waals surface area (Å²) >= 11 is 0. The quantitative estimate of drug-likeness (QED) is 0.138. The van der Waals surface area contributed by atoms with Crippen LogP contribution >= 0.6 is 0 Å². The predicted molar refractivity (Wildman–Crippen MR) is 216 cm³/mol. The summed E-state index contributed by atoms with van der Waals surface area (Å²) in [4.78, 5) is 94.8. The zero-order valence-corrected chi connectivity index (χ0v) is 31.9. The Morgan fingerprint density at radius 2 is 1.72 bits per heavy atom. The van der Waals surface area contributed by atoms with E-state index in [4.69, 9.17) is 0 Å². The van der Waals surface area contributed by atoms with Gasteiger partial charge in [-0.3, -0.25) is 48.8 Å². The van der Waals surface area contributed by atoms with E-state index in [2.05, 4.69) is 36.9 Å². The van der Waals surface area contributed by atoms with Crippen LogP contribution in [-0.4, -0.2) is 90.7 Å². The lowest BCUT2D eigenvalue weighted by Crippen LogP contribution is -2.54. The van der Waals surface area contributed by atoms with E-state index in [1.165, 1.54) is 6.07 Å². The lowest BCUT2D eigenvalue weighted by Gasteiger charge is -2.27. The minimum absolute atomic E-state index is 0.0100. The number of anilines is 2. The molecule has 0 bridgehead atoms. The van der Waals surface area contributed by atoms with Crippen LogP contribution in [0.4, 0.5) is 11.4 Å². The fourth-order valence-electron chi connectivity index (χ4n) is 7.26. The number of para-hydroxylation sites is 1. The van der Waals surface area contributed by atoms with E-state index in [0.717, 1.165) is 27.3 Å². The summed E-state index contributed by atoms with van der Waals surface area (Å²) in [5, 5.41) is 17.0. The van der Waals surface area contributed by atoms with Gasteiger partial charge in [0.1, 0.15) is 12.1 Å². The number of piperidine rings is 1. The molecule has 58 heavy (non-hydrogen) atoms. The first-order valence-electron chi connectivity index (χ1n) is 19.0. The van der Waals surface area contributed by atoms with Crippen molar-refractivity contribution >= 4 is 58.9 Å². The summed E-state index contributed by atoms with van der Waals surface area (Å²) in [7, 11) is 1.58. The van der Waals surface area contributed by atoms with Crippen LogP contribution in [0.1, 0.15) is 53.3 Å². The molecule has 1 fully saturated rings. The number of likely N-dealkylation sites (N-methyl/N-ethyl adjacent to an activating group) is 1. The van der Waals surface area contributed by atoms with Gasteiger partial charge in [0, 0.05) is 55.3 Å². The Hall–Kier alpha value is -7.16. The third-order valence-corrected chi connectivity index (χ3v) is 10.3. The Bertz CT molecular complexity index is 2340. The van der Waals surface area contributed by atoms with Crippen LogP contribution < -0.4 is 31.9 Å². The number of imide groups is 2. The first-order chi connectivity index (χ1) is 28.0. The molecule has 3 aliphatic heterocycles. The van der Waals surface area contributed by atoms with Crippen molar-refractivity contribution in [3.05, 3.63) is 130 Å². The summed E-state index contributed by atoms with van der Waals surface area (Å²) in [5.41, 5.74) is 5.73. The monoisotopic (exact) mass is 782 g/mol. The normalized spacial score (nSPS) is 21.4. The van der Waals surface area contributed by atoms with E-state index >= 15 is 0 Å². The number of nitrogens with zero attached hydrogens (tertiary/aromatic N) is 2. The molecule has 0 aromatic heterocycles. The number of benzene rings is 2. The molecule has 3 unspecified atom stereocenters. The lowest BCUT2D eigenvalue weighted by atomic mass is 9.87. The second kappa shape index (κ2) is 16.9. The number of carbonyl (C=O) groups is 7. The van der Waals surface area contributed by atoms with E-state index in [9.17, 15) is 33.6 Å². The third-order valence-electron chi connectivity index (χ3n) is 10.3. The first-order valence-corrected chi connectivity index (χ1v) is 19.0. The molecule has 0 spiro atoms. The zero-order chi connectivity index (χ0) is 40.9. The van der Waals surface area contributed by atoms with Crippen molar-refractivity contribution in [2.24, 2.45) is 4.99 Å². The van der Waals surface area contributed by atoms with Gasteiger partial charge in [0.25, 0.3) is 23.6 Å². The largest absolute Gasteiger partial charge is 0.373 e. The minimum Gasteiger partial charge on any atom is -0.373 e. The highest BCUT2D eigenvalue weighted by molar-refractivity contribution is 6.25. The van der Waals surface area contributed by atoms with Gasteiger partial charge in [-0.15, -0.1) is 0 Å². The molecule has 296 valence electrons. The summed E-state index contributed by atoms with van der Waals surface area (Å²) in [6.45, 7) is 2.20. The molecule has 15 heteroatoms. The first kappa shape index (κ1) is 39.1. The van der Waals surface area contributed by atoms with Gasteiger partial charge < -0.3 is 26.6 Å². The molecule has 2 aliphatic carbocycles. The molecule has 3 heterocycles. The van der Waals surface area contributed by atoms with Crippen molar-refractivity contribution in [1.29, 1.82) is 0 Å². The van der Waals surface area contributed by atoms with Crippen LogP contribution in [0.5, 0.6) is 0 Å². The fraction of sp³-hybridized carbons (Fsp3) is 0.256. The molecule has 15 nitrogen and oxygen atoms in total. The second-order valence-corrected chi connectivity index (χ2v) is 14.2. The van der Waals surface area contributed by atoms with E-state index in [1.54, 1.807) is 38.4 Å². The molecule has 7 amide bonds. The van der Waals surface area contributed by atoms with E-state index in [1.807, 2.05) is 60.7 Å². The zero-order valence-electron chi connectivity index (χ0n) is 31.9. The van der Waals surface area contributed by atoms with E-state index in [-0.39, 0.29) is 60.0 Å². The van der Waals surface area contributed by atoms with Crippen molar-refractivity contribution in [3.8, 4) is 0 Å². The summed E-state index contributed by atoms with van der Waals surface area (Å²) < 4.78 is 0. The minimum atomic E-state index is -1.10. The van der Waals surface area contributed by atoms with Gasteiger partial charge in [-0.1, -0.05) is 48.6 Å². The Morgan fingerprint density at radius 3 is 2.47 bits per heavy atom. The Labute approximate surface area is 334 Å². The van der Waals surface area contributed by atoms with Crippen LogP contribution in [-0.2, 0) is 24.0 Å². The molecule has 0 radical (unpaired) electrons. The fourth-order valence-corrected chi connectivity index (χ4v) is 7.26. The van der Waals surface area contributed by atoms with Gasteiger partial charge in [-0.25, -0.2) is 0 Å². The SMILES string of the molecule is CNC(=O)C1=C(Nc2ccccc2)C2=CC(=C3C=CC(C(=O)NCCCNC(=O)C(C)Nc4cccc5c4C(=O)N(C4CCC(=O)NC4=O)C5=O)=CC3)C=CC2N=C1. The van der Waals surface area contributed by atoms with Gasteiger partial charge in [0.2, 0.25) is 17.7 Å². The highest BCUT2D eigenvalue weighted by Gasteiger charge is 2.45. The third kappa shape index (κ3) is 8.05. The molecule has 7 rings (SSSR count). The molecular formula is C43H42N8O7. The number of allylic oxidation sites excluding steroid dienone is 6. The summed E-state index contributed by atoms with van der Waals surface area (Å²) in [6, 6.07) is 12.1. The van der Waals surface area contributed by atoms with Crippen molar-refractivity contribution in [3.63, 3.8) is 0 Å². The van der Waals surface area contributed by atoms with Crippen molar-refractivity contribution in [2.75, 3.05) is 30.8 Å². The average Bonchev–Trinajstić information content (AvgIpc) is 3.49. The molecule has 6 N–H and O–H groups in total. The van der Waals surface area contributed by atoms with Gasteiger partial charge in [-0.2, -0.15) is 0 Å². The summed E-state index contributed by atoms with van der Waals surface area (Å²) in [5.74, 6) is -3.32. The number of hydrogen-bond acceptors (Lipinski definition) is 10. The standard InChI is InChI=1S/C43H42N8O7/c1-24(48-33-11-6-10-29-36(33)43(58)51(42(29)57)34-18-19-35(52)50-41(34)56)38(53)45-20-7-21-46-39(54)26-14-12-25(13-15-26)27-16-17-32-30(22-27)37(31(23-47-32)40(55)44-2)49-28-8-4-3-5-9-28/h3-6,8-12,14-17,22-24,32,34,48-49H,7,13,18-21H2,1-2H3,(H,44,55)(H,45,53)(H,46,54)(H,50,52,56).